The lowest BCUT2D eigenvalue weighted by atomic mass is 10.1. The molecule has 0 aliphatic heterocycles. The Kier molecular flexibility index (Phi) is 15.9. The number of methoxy groups -OCH3 is 4. The van der Waals surface area contributed by atoms with Crippen molar-refractivity contribution in [3.63, 3.8) is 0 Å². The van der Waals surface area contributed by atoms with Gasteiger partial charge >= 0.3 is 11.9 Å². The molecule has 1 unspecified atom stereocenters. The van der Waals surface area contributed by atoms with Gasteiger partial charge in [0, 0.05) is 13.8 Å². The van der Waals surface area contributed by atoms with E-state index in [-0.39, 0.29) is 55.5 Å². The fraction of sp³-hybridized carbons (Fsp3) is 0.440. The largest absolute Gasteiger partial charge is 0.493 e. The Morgan fingerprint density at radius 2 is 1.15 bits per heavy atom. The first kappa shape index (κ1) is 36.5. The Balaban J connectivity index is 0. The molecule has 0 spiro atoms. The van der Waals surface area contributed by atoms with Crippen molar-refractivity contribution in [2.75, 3.05) is 28.4 Å². The molecule has 0 radical (unpaired) electrons. The van der Waals surface area contributed by atoms with Crippen molar-refractivity contribution in [2.45, 2.75) is 48.3 Å². The fourth-order valence-electron chi connectivity index (χ4n) is 3.06. The fourth-order valence-corrected chi connectivity index (χ4v) is 3.06. The first-order valence-corrected chi connectivity index (χ1v) is 10.5. The minimum absolute atomic E-state index is 0. The molecule has 0 fully saturated rings. The third kappa shape index (κ3) is 10.3. The van der Waals surface area contributed by atoms with Gasteiger partial charge < -0.3 is 28.4 Å². The maximum atomic E-state index is 11.0. The van der Waals surface area contributed by atoms with Crippen LogP contribution in [0.4, 0.5) is 11.4 Å². The first-order chi connectivity index (χ1) is 17.4. The summed E-state index contributed by atoms with van der Waals surface area (Å²) in [5, 5.41) is 22.0. The molecule has 0 N–H and O–H groups in total. The molecule has 0 saturated heterocycles. The summed E-state index contributed by atoms with van der Waals surface area (Å²) in [5.41, 5.74) is 0.117. The molecule has 39 heavy (non-hydrogen) atoms. The molecule has 218 valence electrons. The number of nitro benzene ring substituents is 2. The summed E-state index contributed by atoms with van der Waals surface area (Å²) >= 11 is 0. The number of carbonyl (C=O) groups is 2. The molecule has 0 aromatic heterocycles. The van der Waals surface area contributed by atoms with Crippen molar-refractivity contribution in [1.82, 2.24) is 0 Å². The normalized spacial score (nSPS) is 10.1. The molecule has 14 nitrogen and oxygen atoms in total. The number of esters is 2. The van der Waals surface area contributed by atoms with Crippen molar-refractivity contribution >= 4 is 23.3 Å². The van der Waals surface area contributed by atoms with E-state index in [1.54, 1.807) is 6.92 Å². The second-order valence-corrected chi connectivity index (χ2v) is 7.15. The van der Waals surface area contributed by atoms with Crippen LogP contribution in [0.2, 0.25) is 0 Å². The van der Waals surface area contributed by atoms with Crippen LogP contribution in [0.1, 0.15) is 52.9 Å². The zero-order chi connectivity index (χ0) is 28.3. The number of rotatable bonds is 10. The van der Waals surface area contributed by atoms with E-state index in [2.05, 4.69) is 0 Å². The highest BCUT2D eigenvalue weighted by atomic mass is 16.6. The number of nitrogens with zero attached hydrogens (tertiary/aromatic N) is 2. The van der Waals surface area contributed by atoms with Gasteiger partial charge in [-0.15, -0.1) is 0 Å². The van der Waals surface area contributed by atoms with E-state index in [4.69, 9.17) is 28.4 Å². The smallest absolute Gasteiger partial charge is 0.303 e. The number of hydrogen-bond acceptors (Lipinski definition) is 12. The Morgan fingerprint density at radius 3 is 1.54 bits per heavy atom. The molecule has 2 aromatic rings. The van der Waals surface area contributed by atoms with Crippen LogP contribution in [0, 0.1) is 20.2 Å². The SMILES string of the molecule is C.C.COc1cc(C(C)OC(C)=O)c([N+](=O)[O-])cc1OC.COc1cc(COC(C)=O)c([N+](=O)[O-])cc1OC. The molecule has 0 amide bonds. The lowest BCUT2D eigenvalue weighted by Gasteiger charge is -2.15. The summed E-state index contributed by atoms with van der Waals surface area (Å²) < 4.78 is 29.8. The van der Waals surface area contributed by atoms with Crippen LogP contribution >= 0.6 is 0 Å². The molecular formula is C25H36N2O12. The Hall–Kier alpha value is -4.62. The van der Waals surface area contributed by atoms with Gasteiger partial charge in [0.05, 0.1) is 61.5 Å². The second kappa shape index (κ2) is 17.0. The number of carbonyl (C=O) groups excluding carboxylic acids is 2. The number of benzene rings is 2. The molecule has 2 aromatic carbocycles. The highest BCUT2D eigenvalue weighted by Crippen LogP contribution is 2.38. The van der Waals surface area contributed by atoms with Crippen LogP contribution in [-0.2, 0) is 25.7 Å². The predicted molar refractivity (Wildman–Crippen MR) is 142 cm³/mol. The minimum Gasteiger partial charge on any atom is -0.493 e. The second-order valence-electron chi connectivity index (χ2n) is 7.15. The van der Waals surface area contributed by atoms with Crippen molar-refractivity contribution in [3.8, 4) is 23.0 Å². The van der Waals surface area contributed by atoms with E-state index < -0.39 is 27.9 Å². The summed E-state index contributed by atoms with van der Waals surface area (Å²) in [4.78, 5) is 42.5. The van der Waals surface area contributed by atoms with Crippen LogP contribution in [0.25, 0.3) is 0 Å². The van der Waals surface area contributed by atoms with E-state index in [1.807, 2.05) is 0 Å². The van der Waals surface area contributed by atoms with Crippen LogP contribution in [0.5, 0.6) is 23.0 Å². The third-order valence-electron chi connectivity index (χ3n) is 4.72. The molecule has 1 atom stereocenters. The number of ether oxygens (including phenoxy) is 6. The Bertz CT molecular complexity index is 1150. The van der Waals surface area contributed by atoms with Gasteiger partial charge in [-0.3, -0.25) is 29.8 Å². The van der Waals surface area contributed by atoms with E-state index in [0.29, 0.717) is 11.5 Å². The zero-order valence-corrected chi connectivity index (χ0v) is 21.4. The van der Waals surface area contributed by atoms with Crippen LogP contribution in [0.15, 0.2) is 24.3 Å². The molecule has 14 heteroatoms. The summed E-state index contributed by atoms with van der Waals surface area (Å²) in [5.74, 6) is 0.131. The monoisotopic (exact) mass is 556 g/mol. The van der Waals surface area contributed by atoms with Crippen molar-refractivity contribution in [2.24, 2.45) is 0 Å². The highest BCUT2D eigenvalue weighted by molar-refractivity contribution is 5.67. The Morgan fingerprint density at radius 1 is 0.744 bits per heavy atom. The van der Waals surface area contributed by atoms with Gasteiger partial charge in [-0.2, -0.15) is 0 Å². The molecule has 0 saturated carbocycles. The zero-order valence-electron chi connectivity index (χ0n) is 21.4. The van der Waals surface area contributed by atoms with Crippen LogP contribution in [0.3, 0.4) is 0 Å². The topological polar surface area (TPSA) is 176 Å². The van der Waals surface area contributed by atoms with E-state index in [1.165, 1.54) is 66.6 Å². The maximum Gasteiger partial charge on any atom is 0.303 e. The average Bonchev–Trinajstić information content (AvgIpc) is 2.85. The van der Waals surface area contributed by atoms with Gasteiger partial charge in [-0.25, -0.2) is 0 Å². The quantitative estimate of drug-likeness (QED) is 0.213. The summed E-state index contributed by atoms with van der Waals surface area (Å²) in [6.45, 7) is 3.83. The molecule has 0 aliphatic carbocycles. The van der Waals surface area contributed by atoms with Crippen LogP contribution in [-0.4, -0.2) is 50.2 Å². The predicted octanol–water partition coefficient (Wildman–Crippen LogP) is 5.18. The highest BCUT2D eigenvalue weighted by Gasteiger charge is 2.25. The van der Waals surface area contributed by atoms with E-state index in [9.17, 15) is 29.8 Å². The summed E-state index contributed by atoms with van der Waals surface area (Å²) in [7, 11) is 5.60. The van der Waals surface area contributed by atoms with Gasteiger partial charge in [0.1, 0.15) is 12.7 Å². The molecule has 0 aliphatic rings. The van der Waals surface area contributed by atoms with Crippen LogP contribution < -0.4 is 18.9 Å². The van der Waals surface area contributed by atoms with Gasteiger partial charge in [0.25, 0.3) is 11.4 Å². The average molecular weight is 557 g/mol. The molecule has 2 rings (SSSR count). The van der Waals surface area contributed by atoms with Gasteiger partial charge in [-0.05, 0) is 19.1 Å². The van der Waals surface area contributed by atoms with Crippen molar-refractivity contribution < 1.29 is 47.9 Å². The van der Waals surface area contributed by atoms with Gasteiger partial charge in [0.2, 0.25) is 0 Å². The number of hydrogen-bond donors (Lipinski definition) is 0. The van der Waals surface area contributed by atoms with Crippen molar-refractivity contribution in [1.29, 1.82) is 0 Å². The molecule has 0 bridgehead atoms. The lowest BCUT2D eigenvalue weighted by molar-refractivity contribution is -0.386. The summed E-state index contributed by atoms with van der Waals surface area (Å²) in [6.07, 6.45) is -0.752. The van der Waals surface area contributed by atoms with Crippen molar-refractivity contribution in [3.05, 3.63) is 55.6 Å². The maximum absolute atomic E-state index is 11.0. The third-order valence-corrected chi connectivity index (χ3v) is 4.72. The van der Waals surface area contributed by atoms with E-state index in [0.717, 1.165) is 0 Å². The summed E-state index contributed by atoms with van der Waals surface area (Å²) in [6, 6.07) is 5.33. The lowest BCUT2D eigenvalue weighted by Crippen LogP contribution is -2.08. The van der Waals surface area contributed by atoms with Gasteiger partial charge in [-0.1, -0.05) is 14.9 Å². The first-order valence-electron chi connectivity index (χ1n) is 10.5. The molecular weight excluding hydrogens is 520 g/mol. The molecule has 0 heterocycles. The number of nitro groups is 2. The standard InChI is InChI=1S/C12H15NO6.C11H13NO6.2CH4/c1-7(19-8(2)14)9-5-11(17-3)12(18-4)6-10(9)13(15)16;1-7(13)18-6-8-4-10(16-2)11(17-3)5-9(8)12(14)15;;/h5-7H,1-4H3;4-5H,6H2,1-3H3;2*1H4. The van der Waals surface area contributed by atoms with Gasteiger partial charge in [0.15, 0.2) is 23.0 Å². The van der Waals surface area contributed by atoms with E-state index >= 15 is 0 Å². The minimum atomic E-state index is -0.752. The Labute approximate surface area is 227 Å².